The third kappa shape index (κ3) is 6.73. The van der Waals surface area contributed by atoms with Gasteiger partial charge >= 0.3 is 5.97 Å². The number of allylic oxidation sites excluding steroid dienone is 1. The molecule has 1 N–H and O–H groups in total. The lowest BCUT2D eigenvalue weighted by Crippen LogP contribution is -1.88. The largest absolute Gasteiger partial charge is 0.481 e. The van der Waals surface area contributed by atoms with Crippen LogP contribution in [0.2, 0.25) is 0 Å². The van der Waals surface area contributed by atoms with Crippen molar-refractivity contribution in [2.24, 2.45) is 0 Å². The van der Waals surface area contributed by atoms with Gasteiger partial charge in [-0.15, -0.1) is 5.73 Å². The lowest BCUT2D eigenvalue weighted by Gasteiger charge is -1.76. The molecule has 0 aromatic heterocycles. The van der Waals surface area contributed by atoms with Gasteiger partial charge in [-0.05, 0) is 12.2 Å². The van der Waals surface area contributed by atoms with E-state index in [1.165, 1.54) is 6.08 Å². The van der Waals surface area contributed by atoms with E-state index < -0.39 is 5.97 Å². The highest BCUT2D eigenvalue weighted by Crippen LogP contribution is 1.78. The minimum Gasteiger partial charge on any atom is -0.481 e. The summed E-state index contributed by atoms with van der Waals surface area (Å²) >= 11 is 0. The van der Waals surface area contributed by atoms with Crippen molar-refractivity contribution >= 4 is 5.97 Å². The Hall–Kier alpha value is -1.27. The first-order chi connectivity index (χ1) is 4.27. The van der Waals surface area contributed by atoms with Crippen LogP contribution in [0, 0.1) is 0 Å². The summed E-state index contributed by atoms with van der Waals surface area (Å²) in [7, 11) is 0. The van der Waals surface area contributed by atoms with Crippen molar-refractivity contribution in [1.29, 1.82) is 0 Å². The number of hydrogen-bond donors (Lipinski definition) is 1. The standard InChI is InChI=1S/C7H8O2/c1-2-3-4-5-6-7(8)9/h2-3,5H,1,6H2,(H,8,9). The summed E-state index contributed by atoms with van der Waals surface area (Å²) in [6.45, 7) is 3.39. The first-order valence-corrected chi connectivity index (χ1v) is 2.51. The van der Waals surface area contributed by atoms with Crippen molar-refractivity contribution in [1.82, 2.24) is 0 Å². The number of rotatable bonds is 3. The van der Waals surface area contributed by atoms with Gasteiger partial charge in [0.25, 0.3) is 0 Å². The van der Waals surface area contributed by atoms with Crippen molar-refractivity contribution in [3.8, 4) is 0 Å². The fraction of sp³-hybridized carbons (Fsp3) is 0.143. The lowest BCUT2D eigenvalue weighted by molar-refractivity contribution is -0.135. The van der Waals surface area contributed by atoms with Crippen molar-refractivity contribution in [2.75, 3.05) is 0 Å². The van der Waals surface area contributed by atoms with Gasteiger partial charge < -0.3 is 5.11 Å². The van der Waals surface area contributed by atoms with Crippen LogP contribution in [0.1, 0.15) is 6.42 Å². The molecule has 0 aliphatic heterocycles. The minimum atomic E-state index is -0.847. The normalized spacial score (nSPS) is 7.11. The molecule has 0 saturated heterocycles. The second kappa shape index (κ2) is 4.88. The average molecular weight is 124 g/mol. The Balaban J connectivity index is 3.59. The summed E-state index contributed by atoms with van der Waals surface area (Å²) in [4.78, 5) is 9.85. The van der Waals surface area contributed by atoms with E-state index in [1.54, 1.807) is 12.2 Å². The van der Waals surface area contributed by atoms with Crippen LogP contribution in [-0.2, 0) is 4.79 Å². The van der Waals surface area contributed by atoms with Gasteiger partial charge in [-0.2, -0.15) is 0 Å². The first-order valence-electron chi connectivity index (χ1n) is 2.51. The van der Waals surface area contributed by atoms with Crippen LogP contribution >= 0.6 is 0 Å². The van der Waals surface area contributed by atoms with E-state index in [2.05, 4.69) is 12.3 Å². The average Bonchev–Trinajstić information content (AvgIpc) is 1.80. The molecule has 2 heteroatoms. The summed E-state index contributed by atoms with van der Waals surface area (Å²) in [5.41, 5.74) is 2.62. The van der Waals surface area contributed by atoms with Crippen molar-refractivity contribution in [2.45, 2.75) is 6.42 Å². The Kier molecular flexibility index (Phi) is 4.19. The molecule has 0 aromatic rings. The van der Waals surface area contributed by atoms with Gasteiger partial charge in [0.1, 0.15) is 0 Å². The molecular formula is C7H8O2. The van der Waals surface area contributed by atoms with Crippen molar-refractivity contribution in [3.05, 3.63) is 30.5 Å². The van der Waals surface area contributed by atoms with E-state index >= 15 is 0 Å². The number of carboxylic acid groups (broad SMARTS) is 1. The third-order valence-electron chi connectivity index (χ3n) is 0.609. The van der Waals surface area contributed by atoms with E-state index in [-0.39, 0.29) is 6.42 Å². The van der Waals surface area contributed by atoms with Crippen LogP contribution in [0.25, 0.3) is 0 Å². The van der Waals surface area contributed by atoms with E-state index in [0.29, 0.717) is 0 Å². The van der Waals surface area contributed by atoms with Gasteiger partial charge in [0, 0.05) is 0 Å². The zero-order valence-electron chi connectivity index (χ0n) is 5.00. The molecule has 0 unspecified atom stereocenters. The number of aliphatic carboxylic acids is 1. The molecule has 0 aromatic carbocycles. The molecule has 0 heterocycles. The topological polar surface area (TPSA) is 37.3 Å². The first kappa shape index (κ1) is 7.73. The van der Waals surface area contributed by atoms with Gasteiger partial charge in [-0.3, -0.25) is 4.79 Å². The van der Waals surface area contributed by atoms with Gasteiger partial charge in [0.15, 0.2) is 0 Å². The van der Waals surface area contributed by atoms with E-state index in [1.807, 2.05) is 0 Å². The van der Waals surface area contributed by atoms with E-state index in [9.17, 15) is 4.79 Å². The fourth-order valence-electron chi connectivity index (χ4n) is 0.282. The molecule has 2 nitrogen and oxygen atoms in total. The van der Waals surface area contributed by atoms with Crippen LogP contribution in [0.3, 0.4) is 0 Å². The maximum atomic E-state index is 9.85. The highest BCUT2D eigenvalue weighted by atomic mass is 16.4. The van der Waals surface area contributed by atoms with Gasteiger partial charge in [-0.1, -0.05) is 12.7 Å². The van der Waals surface area contributed by atoms with Crippen LogP contribution in [0.5, 0.6) is 0 Å². The summed E-state index contributed by atoms with van der Waals surface area (Å²) in [6, 6.07) is 0. The van der Waals surface area contributed by atoms with Crippen LogP contribution in [0.4, 0.5) is 0 Å². The Morgan fingerprint density at radius 1 is 1.78 bits per heavy atom. The second-order valence-corrected chi connectivity index (χ2v) is 1.37. The van der Waals surface area contributed by atoms with Gasteiger partial charge in [0.05, 0.1) is 6.42 Å². The van der Waals surface area contributed by atoms with Gasteiger partial charge in [0.2, 0.25) is 0 Å². The van der Waals surface area contributed by atoms with Crippen molar-refractivity contribution < 1.29 is 9.90 Å². The van der Waals surface area contributed by atoms with E-state index in [4.69, 9.17) is 5.11 Å². The maximum Gasteiger partial charge on any atom is 0.307 e. The van der Waals surface area contributed by atoms with Crippen molar-refractivity contribution in [3.63, 3.8) is 0 Å². The van der Waals surface area contributed by atoms with Gasteiger partial charge in [-0.25, -0.2) is 0 Å². The summed E-state index contributed by atoms with van der Waals surface area (Å²) in [6.07, 6.45) is 4.55. The summed E-state index contributed by atoms with van der Waals surface area (Å²) < 4.78 is 0. The molecule has 0 rings (SSSR count). The molecule has 0 aliphatic rings. The molecule has 0 aliphatic carbocycles. The van der Waals surface area contributed by atoms with E-state index in [0.717, 1.165) is 0 Å². The predicted octanol–water partition coefficient (Wildman–Crippen LogP) is 1.36. The Morgan fingerprint density at radius 2 is 2.44 bits per heavy atom. The fourth-order valence-corrected chi connectivity index (χ4v) is 0.282. The Morgan fingerprint density at radius 3 is 2.89 bits per heavy atom. The van der Waals surface area contributed by atoms with Crippen LogP contribution in [0.15, 0.2) is 30.5 Å². The zero-order chi connectivity index (χ0) is 7.11. The quantitative estimate of drug-likeness (QED) is 0.455. The zero-order valence-corrected chi connectivity index (χ0v) is 5.00. The second-order valence-electron chi connectivity index (χ2n) is 1.37. The molecule has 0 saturated carbocycles. The molecule has 0 amide bonds. The predicted molar refractivity (Wildman–Crippen MR) is 35.1 cm³/mol. The maximum absolute atomic E-state index is 9.85. The number of carboxylic acids is 1. The lowest BCUT2D eigenvalue weighted by atomic mass is 10.4. The SMILES string of the molecule is C=CC=C=CCC(=O)O. The monoisotopic (exact) mass is 124 g/mol. The Labute approximate surface area is 53.8 Å². The molecule has 0 spiro atoms. The molecule has 48 valence electrons. The molecule has 0 atom stereocenters. The summed E-state index contributed by atoms with van der Waals surface area (Å²) in [5, 5.41) is 8.10. The molecule has 0 radical (unpaired) electrons. The smallest absolute Gasteiger partial charge is 0.307 e. The van der Waals surface area contributed by atoms with Crippen LogP contribution in [-0.4, -0.2) is 11.1 Å². The molecular weight excluding hydrogens is 116 g/mol. The summed E-state index contributed by atoms with van der Waals surface area (Å²) in [5.74, 6) is -0.847. The number of hydrogen-bond acceptors (Lipinski definition) is 1. The van der Waals surface area contributed by atoms with Crippen LogP contribution < -0.4 is 0 Å². The Bertz CT molecular complexity index is 162. The molecule has 0 bridgehead atoms. The third-order valence-corrected chi connectivity index (χ3v) is 0.609. The molecule has 0 fully saturated rings. The number of carbonyl (C=O) groups is 1. The minimum absolute atomic E-state index is 0.0182. The molecule has 9 heavy (non-hydrogen) atoms. The highest BCUT2D eigenvalue weighted by Gasteiger charge is 1.85. The highest BCUT2D eigenvalue weighted by molar-refractivity contribution is 5.68.